The molecular weight excluding hydrogens is 500 g/mol. The molecule has 0 saturated carbocycles. The molecule has 1 atom stereocenters. The van der Waals surface area contributed by atoms with E-state index in [0.29, 0.717) is 11.4 Å². The average Bonchev–Trinajstić information content (AvgIpc) is 2.80. The molecule has 0 radical (unpaired) electrons. The second-order valence-corrected chi connectivity index (χ2v) is 8.10. The van der Waals surface area contributed by atoms with E-state index in [4.69, 9.17) is 15.6 Å². The molecule has 0 spiro atoms. The molecule has 1 heterocycles. The van der Waals surface area contributed by atoms with E-state index in [2.05, 4.69) is 21.2 Å². The Kier molecular flexibility index (Phi) is 7.96. The summed E-state index contributed by atoms with van der Waals surface area (Å²) in [5.41, 5.74) is 7.20. The zero-order chi connectivity index (χ0) is 24.1. The Balaban J connectivity index is 1.77. The minimum atomic E-state index is -0.983. The van der Waals surface area contributed by atoms with Gasteiger partial charge in [0.25, 0.3) is 5.56 Å². The summed E-state index contributed by atoms with van der Waals surface area (Å²) in [4.78, 5) is 24.6. The van der Waals surface area contributed by atoms with E-state index >= 15 is 0 Å². The summed E-state index contributed by atoms with van der Waals surface area (Å²) in [5, 5.41) is 11.5. The van der Waals surface area contributed by atoms with Crippen molar-refractivity contribution in [3.05, 3.63) is 91.8 Å². The van der Waals surface area contributed by atoms with E-state index in [1.807, 2.05) is 0 Å². The van der Waals surface area contributed by atoms with E-state index in [0.717, 1.165) is 17.7 Å². The van der Waals surface area contributed by atoms with Crippen LogP contribution in [0.3, 0.4) is 0 Å². The Bertz CT molecular complexity index is 1220. The molecule has 2 aromatic carbocycles. The van der Waals surface area contributed by atoms with Crippen LogP contribution in [-0.2, 0) is 17.9 Å². The van der Waals surface area contributed by atoms with Gasteiger partial charge < -0.3 is 20.9 Å². The molecule has 174 valence electrons. The fraction of sp³-hybridized carbons (Fsp3) is 0.217. The van der Waals surface area contributed by atoms with Gasteiger partial charge in [-0.25, -0.2) is 8.78 Å². The van der Waals surface area contributed by atoms with Crippen LogP contribution in [0.2, 0.25) is 0 Å². The van der Waals surface area contributed by atoms with E-state index < -0.39 is 30.2 Å². The van der Waals surface area contributed by atoms with Gasteiger partial charge in [-0.2, -0.15) is 0 Å². The van der Waals surface area contributed by atoms with Crippen LogP contribution in [0.25, 0.3) is 5.69 Å². The van der Waals surface area contributed by atoms with Crippen molar-refractivity contribution >= 4 is 21.8 Å². The first-order chi connectivity index (χ1) is 15.7. The molecule has 4 N–H and O–H groups in total. The third kappa shape index (κ3) is 5.84. The number of carbonyl (C=O) groups excluding carboxylic acids is 1. The Morgan fingerprint density at radius 2 is 1.91 bits per heavy atom. The summed E-state index contributed by atoms with van der Waals surface area (Å²) in [6.07, 6.45) is 0. The number of amides is 1. The van der Waals surface area contributed by atoms with Gasteiger partial charge in [-0.1, -0.05) is 12.1 Å². The molecule has 0 saturated heterocycles. The Labute approximate surface area is 196 Å². The third-order valence-corrected chi connectivity index (χ3v) is 5.62. The van der Waals surface area contributed by atoms with E-state index in [9.17, 15) is 18.4 Å². The summed E-state index contributed by atoms with van der Waals surface area (Å²) in [5.74, 6) is -1.64. The van der Waals surface area contributed by atoms with E-state index in [1.165, 1.54) is 10.6 Å². The van der Waals surface area contributed by atoms with Crippen LogP contribution in [0.1, 0.15) is 16.8 Å². The second kappa shape index (κ2) is 10.7. The molecule has 0 unspecified atom stereocenters. The molecule has 33 heavy (non-hydrogen) atoms. The van der Waals surface area contributed by atoms with Crippen LogP contribution in [0, 0.1) is 18.6 Å². The first kappa shape index (κ1) is 24.6. The highest BCUT2D eigenvalue weighted by molar-refractivity contribution is 9.10. The molecule has 10 heteroatoms. The minimum absolute atomic E-state index is 0.157. The van der Waals surface area contributed by atoms with Crippen molar-refractivity contribution in [3.8, 4) is 11.4 Å². The quantitative estimate of drug-likeness (QED) is 0.422. The number of hydrogen-bond acceptors (Lipinski definition) is 5. The Morgan fingerprint density at radius 1 is 1.21 bits per heavy atom. The number of carbonyl (C=O) groups is 1. The van der Waals surface area contributed by atoms with Gasteiger partial charge in [0.2, 0.25) is 5.91 Å². The second-order valence-electron chi connectivity index (χ2n) is 7.30. The molecule has 0 aliphatic rings. The third-order valence-electron chi connectivity index (χ3n) is 4.89. The largest absolute Gasteiger partial charge is 0.487 e. The summed E-state index contributed by atoms with van der Waals surface area (Å²) in [6.45, 7) is 1.33. The molecular formula is C23H22BrF2N3O4. The fourth-order valence-electron chi connectivity index (χ4n) is 3.07. The lowest BCUT2D eigenvalue weighted by Crippen LogP contribution is -2.42. The predicted octanol–water partition coefficient (Wildman–Crippen LogP) is 2.70. The number of benzene rings is 2. The van der Waals surface area contributed by atoms with Crippen molar-refractivity contribution < 1.29 is 23.4 Å². The number of rotatable bonds is 8. The van der Waals surface area contributed by atoms with Gasteiger partial charge in [0.1, 0.15) is 34.5 Å². The molecule has 3 rings (SSSR count). The number of pyridine rings is 1. The molecule has 0 fully saturated rings. The maximum Gasteiger partial charge on any atom is 0.273 e. The monoisotopic (exact) mass is 521 g/mol. The van der Waals surface area contributed by atoms with Crippen molar-refractivity contribution in [1.29, 1.82) is 0 Å². The summed E-state index contributed by atoms with van der Waals surface area (Å²) in [6, 6.07) is 10.8. The Hall–Kier alpha value is -3.08. The first-order valence-corrected chi connectivity index (χ1v) is 10.7. The van der Waals surface area contributed by atoms with Gasteiger partial charge in [-0.05, 0) is 52.7 Å². The van der Waals surface area contributed by atoms with Crippen molar-refractivity contribution in [2.45, 2.75) is 26.1 Å². The van der Waals surface area contributed by atoms with Crippen molar-refractivity contribution in [2.24, 2.45) is 5.73 Å². The van der Waals surface area contributed by atoms with Gasteiger partial charge in [0.15, 0.2) is 0 Å². The van der Waals surface area contributed by atoms with Crippen LogP contribution >= 0.6 is 15.9 Å². The number of ether oxygens (including phenoxy) is 1. The predicted molar refractivity (Wildman–Crippen MR) is 122 cm³/mol. The molecule has 0 bridgehead atoms. The molecule has 1 amide bonds. The molecule has 1 aromatic heterocycles. The van der Waals surface area contributed by atoms with Gasteiger partial charge in [-0.3, -0.25) is 14.2 Å². The molecule has 7 nitrogen and oxygen atoms in total. The van der Waals surface area contributed by atoms with Crippen LogP contribution in [0.4, 0.5) is 8.78 Å². The zero-order valence-corrected chi connectivity index (χ0v) is 19.2. The van der Waals surface area contributed by atoms with Crippen molar-refractivity contribution in [3.63, 3.8) is 0 Å². The fourth-order valence-corrected chi connectivity index (χ4v) is 3.47. The smallest absolute Gasteiger partial charge is 0.273 e. The van der Waals surface area contributed by atoms with Crippen molar-refractivity contribution in [1.82, 2.24) is 9.88 Å². The van der Waals surface area contributed by atoms with E-state index in [1.54, 1.807) is 37.3 Å². The highest BCUT2D eigenvalue weighted by Gasteiger charge is 2.15. The van der Waals surface area contributed by atoms with Gasteiger partial charge in [0, 0.05) is 35.6 Å². The molecule has 0 aliphatic heterocycles. The highest BCUT2D eigenvalue weighted by Crippen LogP contribution is 2.25. The van der Waals surface area contributed by atoms with Gasteiger partial charge in [0.05, 0.1) is 6.61 Å². The van der Waals surface area contributed by atoms with Crippen LogP contribution < -0.4 is 21.3 Å². The number of halogens is 3. The summed E-state index contributed by atoms with van der Waals surface area (Å²) < 4.78 is 34.2. The molecule has 3 aromatic rings. The number of aliphatic hydroxyl groups excluding tert-OH is 1. The summed E-state index contributed by atoms with van der Waals surface area (Å²) >= 11 is 3.25. The summed E-state index contributed by atoms with van der Waals surface area (Å²) in [7, 11) is 0. The first-order valence-electron chi connectivity index (χ1n) is 9.93. The topological polar surface area (TPSA) is 107 Å². The van der Waals surface area contributed by atoms with Gasteiger partial charge >= 0.3 is 0 Å². The van der Waals surface area contributed by atoms with Crippen molar-refractivity contribution in [2.75, 3.05) is 6.61 Å². The van der Waals surface area contributed by atoms with Gasteiger partial charge in [-0.15, -0.1) is 0 Å². The van der Waals surface area contributed by atoms with Crippen LogP contribution in [0.5, 0.6) is 5.75 Å². The number of nitrogens with zero attached hydrogens (tertiary/aromatic N) is 1. The normalized spacial score (nSPS) is 11.8. The number of hydrogen-bond donors (Lipinski definition) is 3. The number of aromatic nitrogens is 1. The zero-order valence-electron chi connectivity index (χ0n) is 17.6. The highest BCUT2D eigenvalue weighted by atomic mass is 79.9. The van der Waals surface area contributed by atoms with Crippen LogP contribution in [0.15, 0.2) is 57.8 Å². The van der Waals surface area contributed by atoms with Crippen LogP contribution in [-0.4, -0.2) is 28.2 Å². The number of aryl methyl sites for hydroxylation is 1. The lowest BCUT2D eigenvalue weighted by Gasteiger charge is -2.15. The maximum absolute atomic E-state index is 13.8. The number of nitrogens with two attached hydrogens (primary N) is 1. The lowest BCUT2D eigenvalue weighted by molar-refractivity contribution is -0.123. The Morgan fingerprint density at radius 3 is 2.55 bits per heavy atom. The lowest BCUT2D eigenvalue weighted by atomic mass is 10.2. The molecule has 0 aliphatic carbocycles. The number of aliphatic hydroxyl groups is 1. The minimum Gasteiger partial charge on any atom is -0.487 e. The average molecular weight is 522 g/mol. The standard InChI is InChI=1S/C23H22BrF2N3O4/c1-13-8-20(33-12-15-4-5-16(25)9-18(15)26)21(24)23(32)29(13)17-6-2-14(3-7-17)10-28-22(31)19(27)11-30/h2-9,19,30H,10-12,27H2,1H3,(H,28,31)/t19-/m0/s1. The SMILES string of the molecule is Cc1cc(OCc2ccc(F)cc2F)c(Br)c(=O)n1-c1ccc(CNC(=O)[C@@H](N)CO)cc1. The van der Waals surface area contributed by atoms with E-state index in [-0.39, 0.29) is 34.5 Å². The maximum atomic E-state index is 13.8. The number of nitrogens with one attached hydrogen (secondary N) is 1.